The molecule has 0 heterocycles. The molecule has 0 bridgehead atoms. The molecule has 0 amide bonds. The van der Waals surface area contributed by atoms with Crippen molar-refractivity contribution in [2.75, 3.05) is 14.2 Å². The highest BCUT2D eigenvalue weighted by Gasteiger charge is 2.01. The molecule has 5 heteroatoms. The smallest absolute Gasteiger partial charge is 0.191 e. The Balaban J connectivity index is 1.86. The van der Waals surface area contributed by atoms with Crippen molar-refractivity contribution in [2.24, 2.45) is 4.99 Å². The van der Waals surface area contributed by atoms with Gasteiger partial charge in [-0.2, -0.15) is 0 Å². The lowest BCUT2D eigenvalue weighted by Crippen LogP contribution is -2.36. The van der Waals surface area contributed by atoms with Crippen molar-refractivity contribution in [1.29, 1.82) is 0 Å². The second-order valence-electron chi connectivity index (χ2n) is 5.16. The van der Waals surface area contributed by atoms with Crippen molar-refractivity contribution in [3.8, 4) is 0 Å². The van der Waals surface area contributed by atoms with E-state index in [4.69, 9.17) is 4.74 Å². The van der Waals surface area contributed by atoms with E-state index in [0.717, 1.165) is 16.7 Å². The average Bonchev–Trinajstić information content (AvgIpc) is 2.56. The van der Waals surface area contributed by atoms with Crippen molar-refractivity contribution < 1.29 is 9.13 Å². The van der Waals surface area contributed by atoms with Gasteiger partial charge in [-0.3, -0.25) is 4.99 Å². The van der Waals surface area contributed by atoms with Crippen molar-refractivity contribution in [1.82, 2.24) is 10.6 Å². The number of halogens is 1. The van der Waals surface area contributed by atoms with Gasteiger partial charge in [0.05, 0.1) is 6.61 Å². The molecule has 0 saturated heterocycles. The van der Waals surface area contributed by atoms with Gasteiger partial charge in [0.1, 0.15) is 5.82 Å². The molecule has 23 heavy (non-hydrogen) atoms. The van der Waals surface area contributed by atoms with Crippen LogP contribution in [-0.2, 0) is 24.4 Å². The normalized spacial score (nSPS) is 11.3. The van der Waals surface area contributed by atoms with Crippen LogP contribution in [0.1, 0.15) is 16.7 Å². The molecular formula is C18H22FN3O. The van der Waals surface area contributed by atoms with E-state index in [9.17, 15) is 4.39 Å². The molecule has 2 N–H and O–H groups in total. The summed E-state index contributed by atoms with van der Waals surface area (Å²) in [5.74, 6) is 0.439. The zero-order chi connectivity index (χ0) is 16.5. The summed E-state index contributed by atoms with van der Waals surface area (Å²) in [6, 6.07) is 14.7. The van der Waals surface area contributed by atoms with E-state index >= 15 is 0 Å². The molecule has 0 saturated carbocycles. The highest BCUT2D eigenvalue weighted by molar-refractivity contribution is 5.79. The van der Waals surface area contributed by atoms with Gasteiger partial charge in [0.15, 0.2) is 5.96 Å². The molecule has 2 aromatic carbocycles. The zero-order valence-corrected chi connectivity index (χ0v) is 13.5. The van der Waals surface area contributed by atoms with Crippen molar-refractivity contribution in [2.45, 2.75) is 19.7 Å². The predicted molar refractivity (Wildman–Crippen MR) is 90.6 cm³/mol. The van der Waals surface area contributed by atoms with Gasteiger partial charge in [-0.1, -0.05) is 36.4 Å². The number of methoxy groups -OCH3 is 1. The van der Waals surface area contributed by atoms with E-state index in [1.54, 1.807) is 20.2 Å². The number of guanidine groups is 1. The monoisotopic (exact) mass is 315 g/mol. The van der Waals surface area contributed by atoms with E-state index in [1.165, 1.54) is 12.1 Å². The average molecular weight is 315 g/mol. The topological polar surface area (TPSA) is 45.7 Å². The maximum atomic E-state index is 13.2. The number of hydrogen-bond acceptors (Lipinski definition) is 2. The van der Waals surface area contributed by atoms with E-state index in [2.05, 4.69) is 21.7 Å². The van der Waals surface area contributed by atoms with Gasteiger partial charge < -0.3 is 15.4 Å². The van der Waals surface area contributed by atoms with E-state index in [-0.39, 0.29) is 5.82 Å². The number of rotatable bonds is 6. The van der Waals surface area contributed by atoms with E-state index < -0.39 is 0 Å². The van der Waals surface area contributed by atoms with Crippen LogP contribution >= 0.6 is 0 Å². The summed E-state index contributed by atoms with van der Waals surface area (Å²) in [5.41, 5.74) is 3.15. The summed E-state index contributed by atoms with van der Waals surface area (Å²) in [6.07, 6.45) is 0. The molecule has 0 aromatic heterocycles. The molecule has 122 valence electrons. The van der Waals surface area contributed by atoms with Crippen LogP contribution in [0, 0.1) is 5.82 Å². The number of hydrogen-bond donors (Lipinski definition) is 2. The molecule has 0 atom stereocenters. The van der Waals surface area contributed by atoms with Gasteiger partial charge in [0.25, 0.3) is 0 Å². The first kappa shape index (κ1) is 17.0. The minimum Gasteiger partial charge on any atom is -0.380 e. The third-order valence-electron chi connectivity index (χ3n) is 3.33. The Labute approximate surface area is 136 Å². The minimum absolute atomic E-state index is 0.234. The van der Waals surface area contributed by atoms with Crippen LogP contribution in [0.2, 0.25) is 0 Å². The SMILES string of the molecule is CN=C(NCc1cccc(F)c1)NCc1cccc(COC)c1. The van der Waals surface area contributed by atoms with Crippen molar-refractivity contribution in [3.63, 3.8) is 0 Å². The lowest BCUT2D eigenvalue weighted by atomic mass is 10.1. The molecule has 2 aromatic rings. The van der Waals surface area contributed by atoms with Gasteiger partial charge >= 0.3 is 0 Å². The van der Waals surface area contributed by atoms with Crippen LogP contribution in [0.4, 0.5) is 4.39 Å². The molecule has 0 aliphatic rings. The third-order valence-corrected chi connectivity index (χ3v) is 3.33. The first-order valence-electron chi connectivity index (χ1n) is 7.47. The van der Waals surface area contributed by atoms with Crippen LogP contribution in [0.5, 0.6) is 0 Å². The Morgan fingerprint density at radius 3 is 2.22 bits per heavy atom. The molecule has 0 aliphatic carbocycles. The van der Waals surface area contributed by atoms with Crippen LogP contribution in [0.25, 0.3) is 0 Å². The summed E-state index contributed by atoms with van der Waals surface area (Å²) in [6.45, 7) is 1.77. The maximum Gasteiger partial charge on any atom is 0.191 e. The Kier molecular flexibility index (Phi) is 6.56. The van der Waals surface area contributed by atoms with Gasteiger partial charge in [-0.15, -0.1) is 0 Å². The summed E-state index contributed by atoms with van der Waals surface area (Å²) < 4.78 is 18.3. The minimum atomic E-state index is -0.234. The van der Waals surface area contributed by atoms with Gasteiger partial charge in [0, 0.05) is 27.2 Å². The molecular weight excluding hydrogens is 293 g/mol. The van der Waals surface area contributed by atoms with E-state index in [1.807, 2.05) is 24.3 Å². The fourth-order valence-electron chi connectivity index (χ4n) is 2.24. The van der Waals surface area contributed by atoms with Crippen LogP contribution < -0.4 is 10.6 Å². The van der Waals surface area contributed by atoms with Crippen LogP contribution in [0.15, 0.2) is 53.5 Å². The summed E-state index contributed by atoms with van der Waals surface area (Å²) in [5, 5.41) is 6.41. The first-order chi connectivity index (χ1) is 11.2. The second-order valence-corrected chi connectivity index (χ2v) is 5.16. The van der Waals surface area contributed by atoms with Crippen LogP contribution in [0.3, 0.4) is 0 Å². The lowest BCUT2D eigenvalue weighted by molar-refractivity contribution is 0.185. The molecule has 0 aliphatic heterocycles. The Morgan fingerprint density at radius 1 is 1.00 bits per heavy atom. The fourth-order valence-corrected chi connectivity index (χ4v) is 2.24. The molecule has 0 unspecified atom stereocenters. The van der Waals surface area contributed by atoms with Crippen molar-refractivity contribution in [3.05, 3.63) is 71.0 Å². The highest BCUT2D eigenvalue weighted by Crippen LogP contribution is 2.06. The largest absolute Gasteiger partial charge is 0.380 e. The Morgan fingerprint density at radius 2 is 1.61 bits per heavy atom. The van der Waals surface area contributed by atoms with E-state index in [0.29, 0.717) is 25.7 Å². The molecule has 2 rings (SSSR count). The number of nitrogens with one attached hydrogen (secondary N) is 2. The standard InChI is InChI=1S/C18H22FN3O/c1-20-18(22-12-15-6-4-8-17(19)10-15)21-11-14-5-3-7-16(9-14)13-23-2/h3-10H,11-13H2,1-2H3,(H2,20,21,22). The zero-order valence-electron chi connectivity index (χ0n) is 13.5. The maximum absolute atomic E-state index is 13.2. The number of nitrogens with zero attached hydrogens (tertiary/aromatic N) is 1. The Hall–Kier alpha value is -2.40. The number of benzene rings is 2. The lowest BCUT2D eigenvalue weighted by Gasteiger charge is -2.12. The first-order valence-corrected chi connectivity index (χ1v) is 7.47. The Bertz CT molecular complexity index is 658. The summed E-state index contributed by atoms with van der Waals surface area (Å²) in [4.78, 5) is 4.18. The van der Waals surface area contributed by atoms with Gasteiger partial charge in [0.2, 0.25) is 0 Å². The predicted octanol–water partition coefficient (Wildman–Crippen LogP) is 2.84. The number of aliphatic imine (C=N–C) groups is 1. The van der Waals surface area contributed by atoms with Gasteiger partial charge in [-0.05, 0) is 28.8 Å². The number of ether oxygens (including phenoxy) is 1. The molecule has 0 fully saturated rings. The second kappa shape index (κ2) is 8.90. The molecule has 0 radical (unpaired) electrons. The fraction of sp³-hybridized carbons (Fsp3) is 0.278. The van der Waals surface area contributed by atoms with Crippen molar-refractivity contribution >= 4 is 5.96 Å². The molecule has 4 nitrogen and oxygen atoms in total. The summed E-state index contributed by atoms with van der Waals surface area (Å²) in [7, 11) is 3.39. The summed E-state index contributed by atoms with van der Waals surface area (Å²) >= 11 is 0. The highest BCUT2D eigenvalue weighted by atomic mass is 19.1. The van der Waals surface area contributed by atoms with Crippen LogP contribution in [-0.4, -0.2) is 20.1 Å². The third kappa shape index (κ3) is 5.71. The molecule has 0 spiro atoms. The quantitative estimate of drug-likeness (QED) is 0.636. The van der Waals surface area contributed by atoms with Gasteiger partial charge in [-0.25, -0.2) is 4.39 Å².